The third kappa shape index (κ3) is 3.75. The topological polar surface area (TPSA) is 0 Å². The largest absolute Gasteiger partial charge is 0.0955 e. The molecule has 1 rings (SSSR count). The van der Waals surface area contributed by atoms with Crippen LogP contribution in [-0.4, -0.2) is 0 Å². The van der Waals surface area contributed by atoms with Gasteiger partial charge >= 0.3 is 0 Å². The lowest BCUT2D eigenvalue weighted by Crippen LogP contribution is -1.87. The maximum Gasteiger partial charge on any atom is -0.0159 e. The SMILES string of the molecule is C=C1C=C(CC)CC1C.CCC. The fraction of sp³-hybridized carbons (Fsp3) is 0.667. The molecule has 0 saturated heterocycles. The Hall–Kier alpha value is -0.520. The van der Waals surface area contributed by atoms with Crippen LogP contribution in [0.3, 0.4) is 0 Å². The number of allylic oxidation sites excluding steroid dienone is 3. The molecule has 0 aromatic carbocycles. The van der Waals surface area contributed by atoms with E-state index in [1.165, 1.54) is 24.8 Å². The van der Waals surface area contributed by atoms with Crippen LogP contribution in [-0.2, 0) is 0 Å². The quantitative estimate of drug-likeness (QED) is 0.543. The lowest BCUT2D eigenvalue weighted by Gasteiger charge is -2.00. The van der Waals surface area contributed by atoms with Gasteiger partial charge in [-0.15, -0.1) is 0 Å². The Morgan fingerprint density at radius 3 is 2.08 bits per heavy atom. The van der Waals surface area contributed by atoms with Crippen molar-refractivity contribution in [1.82, 2.24) is 0 Å². The molecule has 0 heteroatoms. The Morgan fingerprint density at radius 1 is 1.42 bits per heavy atom. The first-order valence-corrected chi connectivity index (χ1v) is 5.03. The van der Waals surface area contributed by atoms with Crippen molar-refractivity contribution in [2.24, 2.45) is 5.92 Å². The van der Waals surface area contributed by atoms with Gasteiger partial charge in [-0.1, -0.05) is 57.9 Å². The van der Waals surface area contributed by atoms with Gasteiger partial charge in [-0.2, -0.15) is 0 Å². The third-order valence-corrected chi connectivity index (χ3v) is 2.04. The van der Waals surface area contributed by atoms with Crippen LogP contribution in [0.15, 0.2) is 23.8 Å². The summed E-state index contributed by atoms with van der Waals surface area (Å²) in [4.78, 5) is 0. The molecule has 0 aromatic heterocycles. The Morgan fingerprint density at radius 2 is 1.92 bits per heavy atom. The van der Waals surface area contributed by atoms with Gasteiger partial charge in [0.1, 0.15) is 0 Å². The Labute approximate surface area is 77.4 Å². The molecule has 0 nitrogen and oxygen atoms in total. The van der Waals surface area contributed by atoms with Crippen LogP contribution in [0.1, 0.15) is 47.0 Å². The van der Waals surface area contributed by atoms with Gasteiger partial charge in [0, 0.05) is 0 Å². The lowest BCUT2D eigenvalue weighted by atomic mass is 10.0. The predicted molar refractivity (Wildman–Crippen MR) is 57.3 cm³/mol. The van der Waals surface area contributed by atoms with Crippen LogP contribution in [0.4, 0.5) is 0 Å². The van der Waals surface area contributed by atoms with Gasteiger partial charge in [-0.3, -0.25) is 0 Å². The van der Waals surface area contributed by atoms with E-state index < -0.39 is 0 Å². The van der Waals surface area contributed by atoms with Crippen LogP contribution < -0.4 is 0 Å². The molecule has 0 N–H and O–H groups in total. The minimum atomic E-state index is 0.708. The van der Waals surface area contributed by atoms with Crippen molar-refractivity contribution < 1.29 is 0 Å². The van der Waals surface area contributed by atoms with E-state index >= 15 is 0 Å². The molecule has 0 saturated carbocycles. The monoisotopic (exact) mass is 166 g/mol. The summed E-state index contributed by atoms with van der Waals surface area (Å²) >= 11 is 0. The zero-order chi connectivity index (χ0) is 9.56. The van der Waals surface area contributed by atoms with E-state index in [1.807, 2.05) is 0 Å². The van der Waals surface area contributed by atoms with Crippen molar-refractivity contribution in [3.05, 3.63) is 23.8 Å². The molecule has 0 spiro atoms. The molecule has 1 aliphatic carbocycles. The molecule has 0 aliphatic heterocycles. The van der Waals surface area contributed by atoms with Crippen molar-refractivity contribution in [3.63, 3.8) is 0 Å². The van der Waals surface area contributed by atoms with E-state index in [0.717, 1.165) is 0 Å². The van der Waals surface area contributed by atoms with E-state index in [9.17, 15) is 0 Å². The molecule has 0 bridgehead atoms. The maximum absolute atomic E-state index is 3.96. The number of hydrogen-bond acceptors (Lipinski definition) is 0. The molecule has 0 aromatic rings. The highest BCUT2D eigenvalue weighted by atomic mass is 14.2. The first-order chi connectivity index (χ1) is 5.65. The summed E-state index contributed by atoms with van der Waals surface area (Å²) in [6.45, 7) is 12.7. The normalized spacial score (nSPS) is 21.5. The summed E-state index contributed by atoms with van der Waals surface area (Å²) in [5, 5.41) is 0. The summed E-state index contributed by atoms with van der Waals surface area (Å²) in [5.41, 5.74) is 2.87. The fourth-order valence-electron chi connectivity index (χ4n) is 1.23. The zero-order valence-corrected chi connectivity index (χ0v) is 8.98. The molecule has 70 valence electrons. The van der Waals surface area contributed by atoms with Gasteiger partial charge in [0.25, 0.3) is 0 Å². The van der Waals surface area contributed by atoms with Crippen LogP contribution >= 0.6 is 0 Å². The zero-order valence-electron chi connectivity index (χ0n) is 8.98. The lowest BCUT2D eigenvalue weighted by molar-refractivity contribution is 0.713. The Kier molecular flexibility index (Phi) is 5.79. The van der Waals surface area contributed by atoms with Gasteiger partial charge in [0.2, 0.25) is 0 Å². The highest BCUT2D eigenvalue weighted by Crippen LogP contribution is 2.29. The molecule has 0 fully saturated rings. The van der Waals surface area contributed by atoms with Gasteiger partial charge in [0.15, 0.2) is 0 Å². The Bertz CT molecular complexity index is 163. The standard InChI is InChI=1S/C9H14.C3H8/c1-4-9-5-7(2)8(3)6-9;1-3-2/h5,8H,2,4,6H2,1,3H3;3H2,1-2H3. The summed E-state index contributed by atoms with van der Waals surface area (Å²) in [7, 11) is 0. The molecule has 0 amide bonds. The fourth-order valence-corrected chi connectivity index (χ4v) is 1.23. The predicted octanol–water partition coefficient (Wildman–Crippen LogP) is 4.34. The van der Waals surface area contributed by atoms with E-state index in [-0.39, 0.29) is 0 Å². The molecule has 1 unspecified atom stereocenters. The van der Waals surface area contributed by atoms with E-state index in [2.05, 4.69) is 40.3 Å². The van der Waals surface area contributed by atoms with Crippen LogP contribution in [0, 0.1) is 5.92 Å². The van der Waals surface area contributed by atoms with Crippen LogP contribution in [0.5, 0.6) is 0 Å². The van der Waals surface area contributed by atoms with Crippen LogP contribution in [0.2, 0.25) is 0 Å². The van der Waals surface area contributed by atoms with E-state index in [1.54, 1.807) is 5.57 Å². The average molecular weight is 166 g/mol. The molecule has 12 heavy (non-hydrogen) atoms. The second kappa shape index (κ2) is 6.05. The van der Waals surface area contributed by atoms with Crippen molar-refractivity contribution >= 4 is 0 Å². The summed E-state index contributed by atoms with van der Waals surface area (Å²) in [6, 6.07) is 0. The number of hydrogen-bond donors (Lipinski definition) is 0. The van der Waals surface area contributed by atoms with Crippen molar-refractivity contribution in [1.29, 1.82) is 0 Å². The third-order valence-electron chi connectivity index (χ3n) is 2.04. The summed E-state index contributed by atoms with van der Waals surface area (Å²) in [6.07, 6.45) is 5.93. The van der Waals surface area contributed by atoms with Gasteiger partial charge in [-0.05, 0) is 18.8 Å². The highest BCUT2D eigenvalue weighted by Gasteiger charge is 2.13. The second-order valence-electron chi connectivity index (χ2n) is 3.54. The van der Waals surface area contributed by atoms with Crippen molar-refractivity contribution in [2.45, 2.75) is 47.0 Å². The first kappa shape index (κ1) is 11.5. The van der Waals surface area contributed by atoms with Crippen molar-refractivity contribution in [2.75, 3.05) is 0 Å². The minimum Gasteiger partial charge on any atom is -0.0955 e. The highest BCUT2D eigenvalue weighted by molar-refractivity contribution is 5.30. The second-order valence-corrected chi connectivity index (χ2v) is 3.54. The van der Waals surface area contributed by atoms with Gasteiger partial charge in [-0.25, -0.2) is 0 Å². The molecule has 1 aliphatic rings. The van der Waals surface area contributed by atoms with E-state index in [0.29, 0.717) is 5.92 Å². The Balaban J connectivity index is 0.000000354. The van der Waals surface area contributed by atoms with Gasteiger partial charge < -0.3 is 0 Å². The van der Waals surface area contributed by atoms with Crippen molar-refractivity contribution in [3.8, 4) is 0 Å². The summed E-state index contributed by atoms with van der Waals surface area (Å²) in [5.74, 6) is 0.708. The summed E-state index contributed by atoms with van der Waals surface area (Å²) < 4.78 is 0. The smallest absolute Gasteiger partial charge is 0.0159 e. The molecule has 0 heterocycles. The molecular formula is C12H22. The number of rotatable bonds is 1. The van der Waals surface area contributed by atoms with Crippen LogP contribution in [0.25, 0.3) is 0 Å². The maximum atomic E-state index is 3.96. The van der Waals surface area contributed by atoms with Gasteiger partial charge in [0.05, 0.1) is 0 Å². The minimum absolute atomic E-state index is 0.708. The molecule has 0 radical (unpaired) electrons. The van der Waals surface area contributed by atoms with E-state index in [4.69, 9.17) is 0 Å². The first-order valence-electron chi connectivity index (χ1n) is 5.03. The molecule has 1 atom stereocenters. The molecular weight excluding hydrogens is 144 g/mol. The average Bonchev–Trinajstić information content (AvgIpc) is 2.33.